The summed E-state index contributed by atoms with van der Waals surface area (Å²) in [5.41, 5.74) is 1.20. The molecule has 1 aliphatic heterocycles. The zero-order chi connectivity index (χ0) is 17.9. The number of carbonyl (C=O) groups excluding carboxylic acids is 1. The number of halogens is 1. The molecule has 1 aliphatic rings. The SMILES string of the molecule is O=C(c1cc(-c2ccccc2)on1)N1CC[C@H](Oc2ncccc2Br)C1. The van der Waals surface area contributed by atoms with E-state index < -0.39 is 0 Å². The van der Waals surface area contributed by atoms with E-state index in [9.17, 15) is 4.79 Å². The molecule has 3 heterocycles. The Labute approximate surface area is 158 Å². The molecule has 1 saturated heterocycles. The predicted molar refractivity (Wildman–Crippen MR) is 98.8 cm³/mol. The lowest BCUT2D eigenvalue weighted by Gasteiger charge is -2.16. The molecule has 0 spiro atoms. The molecule has 1 fully saturated rings. The van der Waals surface area contributed by atoms with Crippen molar-refractivity contribution in [3.63, 3.8) is 0 Å². The summed E-state index contributed by atoms with van der Waals surface area (Å²) < 4.78 is 12.0. The van der Waals surface area contributed by atoms with Gasteiger partial charge >= 0.3 is 0 Å². The normalized spacial score (nSPS) is 16.7. The third-order valence-electron chi connectivity index (χ3n) is 4.22. The van der Waals surface area contributed by atoms with Crippen molar-refractivity contribution in [1.29, 1.82) is 0 Å². The standard InChI is InChI=1S/C19H16BrN3O3/c20-15-7-4-9-21-18(15)25-14-8-10-23(12-14)19(24)16-11-17(26-22-16)13-5-2-1-3-6-13/h1-7,9,11,14H,8,10,12H2/t14-/m0/s1. The molecule has 0 saturated carbocycles. The predicted octanol–water partition coefficient (Wildman–Crippen LogP) is 3.79. The van der Waals surface area contributed by atoms with Gasteiger partial charge in [0.2, 0.25) is 5.88 Å². The minimum Gasteiger partial charge on any atom is -0.472 e. The maximum Gasteiger partial charge on any atom is 0.276 e. The molecule has 0 N–H and O–H groups in total. The first-order chi connectivity index (χ1) is 12.7. The number of hydrogen-bond donors (Lipinski definition) is 0. The van der Waals surface area contributed by atoms with E-state index in [0.29, 0.717) is 30.4 Å². The molecule has 1 amide bonds. The van der Waals surface area contributed by atoms with Crippen molar-refractivity contribution in [1.82, 2.24) is 15.0 Å². The van der Waals surface area contributed by atoms with Crippen LogP contribution in [0.15, 0.2) is 63.7 Å². The summed E-state index contributed by atoms with van der Waals surface area (Å²) in [5.74, 6) is 0.972. The van der Waals surface area contributed by atoms with Crippen molar-refractivity contribution in [2.75, 3.05) is 13.1 Å². The molecule has 0 unspecified atom stereocenters. The second-order valence-corrected chi connectivity index (χ2v) is 6.87. The van der Waals surface area contributed by atoms with Gasteiger partial charge in [0, 0.05) is 30.8 Å². The lowest BCUT2D eigenvalue weighted by atomic mass is 10.1. The molecule has 0 radical (unpaired) electrons. The zero-order valence-corrected chi connectivity index (χ0v) is 15.4. The van der Waals surface area contributed by atoms with Crippen LogP contribution in [0.25, 0.3) is 11.3 Å². The molecule has 3 aromatic rings. The van der Waals surface area contributed by atoms with Crippen LogP contribution in [-0.4, -0.2) is 40.1 Å². The van der Waals surface area contributed by atoms with Gasteiger partial charge in [-0.3, -0.25) is 4.79 Å². The van der Waals surface area contributed by atoms with Gasteiger partial charge in [-0.15, -0.1) is 0 Å². The summed E-state index contributed by atoms with van der Waals surface area (Å²) in [4.78, 5) is 18.6. The lowest BCUT2D eigenvalue weighted by Crippen LogP contribution is -2.31. The number of pyridine rings is 1. The van der Waals surface area contributed by atoms with Crippen LogP contribution in [0, 0.1) is 0 Å². The first kappa shape index (κ1) is 16.8. The van der Waals surface area contributed by atoms with Crippen molar-refractivity contribution < 1.29 is 14.1 Å². The highest BCUT2D eigenvalue weighted by Crippen LogP contribution is 2.26. The fraction of sp³-hybridized carbons (Fsp3) is 0.211. The molecule has 1 atom stereocenters. The van der Waals surface area contributed by atoms with Crippen LogP contribution in [0.2, 0.25) is 0 Å². The molecule has 4 rings (SSSR count). The van der Waals surface area contributed by atoms with Crippen molar-refractivity contribution in [2.45, 2.75) is 12.5 Å². The molecule has 1 aromatic carbocycles. The van der Waals surface area contributed by atoms with Gasteiger partial charge in [-0.1, -0.05) is 35.5 Å². The van der Waals surface area contributed by atoms with E-state index >= 15 is 0 Å². The largest absolute Gasteiger partial charge is 0.472 e. The maximum absolute atomic E-state index is 12.7. The quantitative estimate of drug-likeness (QED) is 0.650. The second kappa shape index (κ2) is 7.29. The fourth-order valence-corrected chi connectivity index (χ4v) is 3.25. The van der Waals surface area contributed by atoms with Crippen molar-refractivity contribution in [3.8, 4) is 17.2 Å². The molecule has 6 nitrogen and oxygen atoms in total. The lowest BCUT2D eigenvalue weighted by molar-refractivity contribution is 0.0761. The summed E-state index contributed by atoms with van der Waals surface area (Å²) >= 11 is 3.42. The van der Waals surface area contributed by atoms with E-state index in [-0.39, 0.29) is 12.0 Å². The van der Waals surface area contributed by atoms with Gasteiger partial charge in [-0.05, 0) is 28.1 Å². The Morgan fingerprint density at radius 2 is 2.08 bits per heavy atom. The smallest absolute Gasteiger partial charge is 0.276 e. The van der Waals surface area contributed by atoms with Gasteiger partial charge in [0.25, 0.3) is 5.91 Å². The average molecular weight is 414 g/mol. The van der Waals surface area contributed by atoms with Crippen LogP contribution in [0.4, 0.5) is 0 Å². The molecular formula is C19H16BrN3O3. The third kappa shape index (κ3) is 3.48. The highest BCUT2D eigenvalue weighted by Gasteiger charge is 2.30. The number of aromatic nitrogens is 2. The summed E-state index contributed by atoms with van der Waals surface area (Å²) in [6.45, 7) is 1.11. The number of benzene rings is 1. The summed E-state index contributed by atoms with van der Waals surface area (Å²) in [7, 11) is 0. The van der Waals surface area contributed by atoms with Crippen LogP contribution >= 0.6 is 15.9 Å². The van der Waals surface area contributed by atoms with Crippen LogP contribution in [0.3, 0.4) is 0 Å². The van der Waals surface area contributed by atoms with Crippen LogP contribution in [0.1, 0.15) is 16.9 Å². The minimum atomic E-state index is -0.151. The highest BCUT2D eigenvalue weighted by molar-refractivity contribution is 9.10. The molecule has 26 heavy (non-hydrogen) atoms. The number of carbonyl (C=O) groups is 1. The van der Waals surface area contributed by atoms with Crippen molar-refractivity contribution in [3.05, 3.63) is 64.9 Å². The Bertz CT molecular complexity index is 913. The molecule has 0 aliphatic carbocycles. The van der Waals surface area contributed by atoms with E-state index in [2.05, 4.69) is 26.1 Å². The van der Waals surface area contributed by atoms with E-state index in [1.165, 1.54) is 0 Å². The summed E-state index contributed by atoms with van der Waals surface area (Å²) in [6, 6.07) is 15.0. The zero-order valence-electron chi connectivity index (χ0n) is 13.8. The topological polar surface area (TPSA) is 68.5 Å². The Morgan fingerprint density at radius 3 is 2.88 bits per heavy atom. The van der Waals surface area contributed by atoms with Gasteiger partial charge in [-0.2, -0.15) is 0 Å². The van der Waals surface area contributed by atoms with Crippen LogP contribution in [0.5, 0.6) is 5.88 Å². The van der Waals surface area contributed by atoms with E-state index in [4.69, 9.17) is 9.26 Å². The number of likely N-dealkylation sites (tertiary alicyclic amines) is 1. The summed E-state index contributed by atoms with van der Waals surface area (Å²) in [5, 5.41) is 3.93. The third-order valence-corrected chi connectivity index (χ3v) is 4.83. The van der Waals surface area contributed by atoms with Gasteiger partial charge < -0.3 is 14.2 Å². The Morgan fingerprint density at radius 1 is 1.23 bits per heavy atom. The number of hydrogen-bond acceptors (Lipinski definition) is 5. The summed E-state index contributed by atoms with van der Waals surface area (Å²) in [6.07, 6.45) is 2.34. The van der Waals surface area contributed by atoms with Crippen molar-refractivity contribution in [2.24, 2.45) is 0 Å². The number of rotatable bonds is 4. The Balaban J connectivity index is 1.42. The number of amides is 1. The van der Waals surface area contributed by atoms with Gasteiger partial charge in [-0.25, -0.2) is 4.98 Å². The Hall–Kier alpha value is -2.67. The van der Waals surface area contributed by atoms with Gasteiger partial charge in [0.1, 0.15) is 6.10 Å². The minimum absolute atomic E-state index is 0.0920. The fourth-order valence-electron chi connectivity index (χ4n) is 2.90. The highest BCUT2D eigenvalue weighted by atomic mass is 79.9. The molecule has 7 heteroatoms. The van der Waals surface area contributed by atoms with Crippen LogP contribution < -0.4 is 4.74 Å². The van der Waals surface area contributed by atoms with Gasteiger partial charge in [0.15, 0.2) is 11.5 Å². The second-order valence-electron chi connectivity index (χ2n) is 6.01. The molecule has 132 valence electrons. The molecule has 0 bridgehead atoms. The average Bonchev–Trinajstić information content (AvgIpc) is 3.34. The van der Waals surface area contributed by atoms with E-state index in [1.54, 1.807) is 17.2 Å². The monoisotopic (exact) mass is 413 g/mol. The van der Waals surface area contributed by atoms with Crippen molar-refractivity contribution >= 4 is 21.8 Å². The molecular weight excluding hydrogens is 398 g/mol. The first-order valence-electron chi connectivity index (χ1n) is 8.29. The number of nitrogens with zero attached hydrogens (tertiary/aromatic N) is 3. The van der Waals surface area contributed by atoms with Crippen LogP contribution in [-0.2, 0) is 0 Å². The number of ether oxygens (including phenoxy) is 1. The van der Waals surface area contributed by atoms with E-state index in [0.717, 1.165) is 16.5 Å². The first-order valence-corrected chi connectivity index (χ1v) is 9.08. The Kier molecular flexibility index (Phi) is 4.71. The van der Waals surface area contributed by atoms with E-state index in [1.807, 2.05) is 42.5 Å². The molecule has 2 aromatic heterocycles. The van der Waals surface area contributed by atoms with Gasteiger partial charge in [0.05, 0.1) is 11.0 Å². The maximum atomic E-state index is 12.7.